The average molecular weight is 222 g/mol. The maximum absolute atomic E-state index is 10.8. The predicted molar refractivity (Wildman–Crippen MR) is 60.9 cm³/mol. The summed E-state index contributed by atoms with van der Waals surface area (Å²) in [5.41, 5.74) is 2.15. The number of aromatic nitrogens is 1. The molecule has 0 atom stereocenters. The molecule has 0 unspecified atom stereocenters. The Kier molecular flexibility index (Phi) is 1.78. The average Bonchev–Trinajstić information content (AvgIpc) is 2.53. The molecule has 0 saturated heterocycles. The number of H-pyrrole nitrogens is 1. The predicted octanol–water partition coefficient (Wildman–Crippen LogP) is 2.11. The van der Waals surface area contributed by atoms with Crippen molar-refractivity contribution in [3.63, 3.8) is 0 Å². The lowest BCUT2D eigenvalue weighted by atomic mass is 10.1. The maximum Gasteiger partial charge on any atom is 0.307 e. The highest BCUT2D eigenvalue weighted by atomic mass is 16.5. The Bertz CT molecular complexity index is 631. The summed E-state index contributed by atoms with van der Waals surface area (Å²) in [5, 5.41) is 9.56. The van der Waals surface area contributed by atoms with Crippen LogP contribution in [0.2, 0.25) is 0 Å². The Balaban J connectivity index is 2.48. The van der Waals surface area contributed by atoms with E-state index >= 15 is 0 Å². The molecule has 0 amide bonds. The molecule has 1 heterocycles. The standard InChI is InChI=1S/C12H13NO3/c1-7-9(6-12(14)15)10-5-8(16-2)3-4-11(10)13-7/h3-5,13H,6H2,1-2H3,(H,14,15)/i2D3. The summed E-state index contributed by atoms with van der Waals surface area (Å²) in [6.07, 6.45) is -0.122. The van der Waals surface area contributed by atoms with E-state index < -0.39 is 13.0 Å². The molecule has 0 bridgehead atoms. The van der Waals surface area contributed by atoms with E-state index in [-0.39, 0.29) is 12.2 Å². The molecule has 84 valence electrons. The molecule has 1 aromatic carbocycles. The third-order valence-corrected chi connectivity index (χ3v) is 2.54. The normalized spacial score (nSPS) is 14.2. The lowest BCUT2D eigenvalue weighted by Gasteiger charge is -2.00. The number of hydrogen-bond acceptors (Lipinski definition) is 2. The molecular formula is C12H13NO3. The van der Waals surface area contributed by atoms with Crippen molar-refractivity contribution in [3.05, 3.63) is 29.5 Å². The number of fused-ring (bicyclic) bond motifs is 1. The number of ether oxygens (including phenoxy) is 1. The first-order chi connectivity index (χ1) is 8.76. The summed E-state index contributed by atoms with van der Waals surface area (Å²) in [7, 11) is -2.52. The number of hydrogen-bond donors (Lipinski definition) is 2. The zero-order chi connectivity index (χ0) is 14.2. The Labute approximate surface area is 97.1 Å². The summed E-state index contributed by atoms with van der Waals surface area (Å²) < 4.78 is 26.0. The zero-order valence-electron chi connectivity index (χ0n) is 11.7. The fraction of sp³-hybridized carbons (Fsp3) is 0.250. The first-order valence-electron chi connectivity index (χ1n) is 6.28. The van der Waals surface area contributed by atoms with Crippen LogP contribution in [0, 0.1) is 6.92 Å². The van der Waals surface area contributed by atoms with Gasteiger partial charge in [-0.05, 0) is 30.7 Å². The lowest BCUT2D eigenvalue weighted by molar-refractivity contribution is -0.136. The van der Waals surface area contributed by atoms with Crippen LogP contribution in [0.4, 0.5) is 0 Å². The summed E-state index contributed by atoms with van der Waals surface area (Å²) in [5.74, 6) is -0.746. The molecule has 0 fully saturated rings. The molecule has 0 spiro atoms. The van der Waals surface area contributed by atoms with Crippen molar-refractivity contribution in [3.8, 4) is 5.75 Å². The van der Waals surface area contributed by atoms with Gasteiger partial charge in [-0.1, -0.05) is 0 Å². The third kappa shape index (κ3) is 1.74. The van der Waals surface area contributed by atoms with Crippen molar-refractivity contribution >= 4 is 16.9 Å². The summed E-state index contributed by atoms with van der Waals surface area (Å²) >= 11 is 0. The van der Waals surface area contributed by atoms with Gasteiger partial charge in [0.1, 0.15) is 5.75 Å². The van der Waals surface area contributed by atoms with Gasteiger partial charge in [-0.2, -0.15) is 0 Å². The van der Waals surface area contributed by atoms with Crippen molar-refractivity contribution in [1.82, 2.24) is 4.98 Å². The van der Waals surface area contributed by atoms with E-state index in [1.165, 1.54) is 6.07 Å². The molecule has 0 radical (unpaired) electrons. The van der Waals surface area contributed by atoms with Crippen LogP contribution in [0.3, 0.4) is 0 Å². The number of carboxylic acids is 1. The topological polar surface area (TPSA) is 62.3 Å². The second-order valence-corrected chi connectivity index (χ2v) is 3.61. The van der Waals surface area contributed by atoms with Crippen LogP contribution in [-0.2, 0) is 11.2 Å². The first-order valence-corrected chi connectivity index (χ1v) is 4.78. The Morgan fingerprint density at radius 2 is 2.44 bits per heavy atom. The Morgan fingerprint density at radius 1 is 1.62 bits per heavy atom. The molecule has 1 aromatic heterocycles. The monoisotopic (exact) mass is 222 g/mol. The minimum Gasteiger partial charge on any atom is -0.497 e. The fourth-order valence-electron chi connectivity index (χ4n) is 1.80. The highest BCUT2D eigenvalue weighted by molar-refractivity contribution is 5.89. The molecule has 0 saturated carbocycles. The van der Waals surface area contributed by atoms with Gasteiger partial charge in [0.25, 0.3) is 0 Å². The van der Waals surface area contributed by atoms with Crippen LogP contribution in [0.1, 0.15) is 15.4 Å². The SMILES string of the molecule is [2H]C([2H])([2H])Oc1ccc2[nH]c(C)c(CC(=O)O)c2c1. The third-order valence-electron chi connectivity index (χ3n) is 2.54. The number of benzene rings is 1. The molecule has 16 heavy (non-hydrogen) atoms. The van der Waals surface area contributed by atoms with Gasteiger partial charge in [0.05, 0.1) is 17.6 Å². The van der Waals surface area contributed by atoms with Crippen molar-refractivity contribution in [2.75, 3.05) is 7.04 Å². The number of carboxylic acid groups (broad SMARTS) is 1. The molecule has 2 rings (SSSR count). The summed E-state index contributed by atoms with van der Waals surface area (Å²) in [6, 6.07) is 4.76. The summed E-state index contributed by atoms with van der Waals surface area (Å²) in [4.78, 5) is 13.9. The molecule has 2 aromatic rings. The van der Waals surface area contributed by atoms with Gasteiger partial charge < -0.3 is 14.8 Å². The van der Waals surface area contributed by atoms with Crippen LogP contribution in [0.5, 0.6) is 5.75 Å². The Morgan fingerprint density at radius 3 is 3.12 bits per heavy atom. The van der Waals surface area contributed by atoms with Crippen molar-refractivity contribution in [1.29, 1.82) is 0 Å². The second kappa shape index (κ2) is 3.89. The summed E-state index contributed by atoms with van der Waals surface area (Å²) in [6.45, 7) is 1.78. The van der Waals surface area contributed by atoms with Gasteiger partial charge in [-0.25, -0.2) is 0 Å². The molecular weight excluding hydrogens is 206 g/mol. The van der Waals surface area contributed by atoms with Crippen molar-refractivity contribution < 1.29 is 18.8 Å². The highest BCUT2D eigenvalue weighted by Gasteiger charge is 2.12. The van der Waals surface area contributed by atoms with E-state index in [1.807, 2.05) is 0 Å². The van der Waals surface area contributed by atoms with Gasteiger partial charge in [0.2, 0.25) is 0 Å². The molecule has 2 N–H and O–H groups in total. The van der Waals surface area contributed by atoms with E-state index in [2.05, 4.69) is 4.98 Å². The largest absolute Gasteiger partial charge is 0.497 e. The van der Waals surface area contributed by atoms with E-state index in [0.29, 0.717) is 10.9 Å². The lowest BCUT2D eigenvalue weighted by Crippen LogP contribution is -2.00. The number of nitrogens with one attached hydrogen (secondary N) is 1. The van der Waals surface area contributed by atoms with Gasteiger partial charge in [-0.3, -0.25) is 4.79 Å². The van der Waals surface area contributed by atoms with Gasteiger partial charge in [-0.15, -0.1) is 0 Å². The minimum atomic E-state index is -2.52. The van der Waals surface area contributed by atoms with Crippen LogP contribution in [-0.4, -0.2) is 23.1 Å². The number of carbonyl (C=O) groups is 1. The van der Waals surface area contributed by atoms with Gasteiger partial charge in [0, 0.05) is 16.6 Å². The van der Waals surface area contributed by atoms with Crippen LogP contribution < -0.4 is 4.74 Å². The molecule has 4 heteroatoms. The van der Waals surface area contributed by atoms with E-state index in [0.717, 1.165) is 11.2 Å². The zero-order valence-corrected chi connectivity index (χ0v) is 8.70. The van der Waals surface area contributed by atoms with Gasteiger partial charge >= 0.3 is 5.97 Å². The highest BCUT2D eigenvalue weighted by Crippen LogP contribution is 2.26. The molecule has 0 aliphatic heterocycles. The van der Waals surface area contributed by atoms with Crippen molar-refractivity contribution in [2.45, 2.75) is 13.3 Å². The quantitative estimate of drug-likeness (QED) is 0.836. The smallest absolute Gasteiger partial charge is 0.307 e. The number of aryl methyl sites for hydroxylation is 1. The number of rotatable bonds is 3. The van der Waals surface area contributed by atoms with Crippen LogP contribution >= 0.6 is 0 Å². The fourth-order valence-corrected chi connectivity index (χ4v) is 1.80. The van der Waals surface area contributed by atoms with E-state index in [9.17, 15) is 4.79 Å². The van der Waals surface area contributed by atoms with E-state index in [1.54, 1.807) is 19.1 Å². The van der Waals surface area contributed by atoms with Crippen LogP contribution in [0.15, 0.2) is 18.2 Å². The number of methoxy groups -OCH3 is 1. The Hall–Kier alpha value is -1.97. The minimum absolute atomic E-state index is 0.122. The molecule has 0 aliphatic rings. The maximum atomic E-state index is 10.8. The number of aliphatic carboxylic acids is 1. The molecule has 4 nitrogen and oxygen atoms in total. The van der Waals surface area contributed by atoms with E-state index in [4.69, 9.17) is 14.0 Å². The second-order valence-electron chi connectivity index (χ2n) is 3.61. The van der Waals surface area contributed by atoms with Crippen molar-refractivity contribution in [2.24, 2.45) is 0 Å². The number of aromatic amines is 1. The van der Waals surface area contributed by atoms with Gasteiger partial charge in [0.15, 0.2) is 0 Å². The molecule has 0 aliphatic carbocycles. The van der Waals surface area contributed by atoms with Crippen LogP contribution in [0.25, 0.3) is 10.9 Å². The first kappa shape index (κ1) is 7.33.